The number of hydrogen-bond donors (Lipinski definition) is 1. The Morgan fingerprint density at radius 2 is 2.09 bits per heavy atom. The zero-order valence-corrected chi connectivity index (χ0v) is 14.0. The Kier molecular flexibility index (Phi) is 4.48. The van der Waals surface area contributed by atoms with E-state index in [0.29, 0.717) is 11.3 Å². The normalized spacial score (nSPS) is 11.1. The van der Waals surface area contributed by atoms with Gasteiger partial charge in [0.15, 0.2) is 0 Å². The molecule has 0 atom stereocenters. The van der Waals surface area contributed by atoms with Crippen molar-refractivity contribution >= 4 is 27.5 Å². The van der Waals surface area contributed by atoms with Gasteiger partial charge in [-0.25, -0.2) is 4.39 Å². The number of benzene rings is 1. The first-order valence-electron chi connectivity index (χ1n) is 7.71. The third-order valence-electron chi connectivity index (χ3n) is 3.79. The van der Waals surface area contributed by atoms with Gasteiger partial charge in [-0.3, -0.25) is 4.79 Å². The average Bonchev–Trinajstić information content (AvgIpc) is 3.04. The minimum Gasteiger partial charge on any atom is -0.347 e. The van der Waals surface area contributed by atoms with E-state index in [1.807, 2.05) is 6.07 Å². The smallest absolute Gasteiger partial charge is 0.268 e. The van der Waals surface area contributed by atoms with Gasteiger partial charge >= 0.3 is 0 Å². The molecule has 0 bridgehead atoms. The Balaban J connectivity index is 1.84. The molecule has 3 aromatic rings. The van der Waals surface area contributed by atoms with E-state index in [1.165, 1.54) is 10.9 Å². The number of carbonyl (C=O) groups is 1. The van der Waals surface area contributed by atoms with Crippen LogP contribution in [0, 0.1) is 12.7 Å². The van der Waals surface area contributed by atoms with Crippen LogP contribution < -0.4 is 5.32 Å². The molecular formula is C18H19FN2OS. The maximum absolute atomic E-state index is 13.6. The van der Waals surface area contributed by atoms with Crippen molar-refractivity contribution < 1.29 is 9.18 Å². The molecule has 0 spiro atoms. The van der Waals surface area contributed by atoms with Crippen LogP contribution in [0.3, 0.4) is 0 Å². The molecule has 0 fully saturated rings. The predicted molar refractivity (Wildman–Crippen MR) is 92.4 cm³/mol. The number of aromatic nitrogens is 1. The summed E-state index contributed by atoms with van der Waals surface area (Å²) >= 11 is 1.69. The SMILES string of the molecule is CCCn1c(C(=O)NCc2ccccc2F)cc2sc(C)cc21. The number of nitrogens with zero attached hydrogens (tertiary/aromatic N) is 1. The highest BCUT2D eigenvalue weighted by Gasteiger charge is 2.17. The molecule has 5 heteroatoms. The second-order valence-corrected chi connectivity index (χ2v) is 6.85. The van der Waals surface area contributed by atoms with Crippen LogP contribution in [-0.4, -0.2) is 10.5 Å². The summed E-state index contributed by atoms with van der Waals surface area (Å²) < 4.78 is 16.8. The molecule has 3 nitrogen and oxygen atoms in total. The van der Waals surface area contributed by atoms with Crippen molar-refractivity contribution in [3.8, 4) is 0 Å². The number of nitrogens with one attached hydrogen (secondary N) is 1. The first kappa shape index (κ1) is 15.7. The summed E-state index contributed by atoms with van der Waals surface area (Å²) in [7, 11) is 0. The molecule has 0 radical (unpaired) electrons. The summed E-state index contributed by atoms with van der Waals surface area (Å²) in [6, 6.07) is 10.5. The van der Waals surface area contributed by atoms with Crippen LogP contribution in [0.25, 0.3) is 10.2 Å². The van der Waals surface area contributed by atoms with Crippen LogP contribution in [-0.2, 0) is 13.1 Å². The van der Waals surface area contributed by atoms with E-state index < -0.39 is 0 Å². The molecule has 1 amide bonds. The lowest BCUT2D eigenvalue weighted by molar-refractivity contribution is 0.0941. The number of amides is 1. The summed E-state index contributed by atoms with van der Waals surface area (Å²) in [6.45, 7) is 5.14. The van der Waals surface area contributed by atoms with E-state index in [4.69, 9.17) is 0 Å². The second kappa shape index (κ2) is 6.54. The lowest BCUT2D eigenvalue weighted by Gasteiger charge is -2.10. The van der Waals surface area contributed by atoms with Crippen molar-refractivity contribution in [1.29, 1.82) is 0 Å². The largest absolute Gasteiger partial charge is 0.347 e. The van der Waals surface area contributed by atoms with Gasteiger partial charge in [-0.15, -0.1) is 11.3 Å². The van der Waals surface area contributed by atoms with E-state index >= 15 is 0 Å². The molecule has 0 saturated heterocycles. The molecule has 0 aliphatic rings. The molecule has 1 aromatic carbocycles. The summed E-state index contributed by atoms with van der Waals surface area (Å²) in [5, 5.41) is 2.83. The van der Waals surface area contributed by atoms with Crippen molar-refractivity contribution in [3.63, 3.8) is 0 Å². The Morgan fingerprint density at radius 1 is 1.30 bits per heavy atom. The standard InChI is InChI=1S/C18H19FN2OS/c1-3-8-21-15-9-12(2)23-17(15)10-16(21)18(22)20-11-13-6-4-5-7-14(13)19/h4-7,9-10H,3,8,11H2,1-2H3,(H,20,22). The fourth-order valence-electron chi connectivity index (χ4n) is 2.73. The average molecular weight is 330 g/mol. The summed E-state index contributed by atoms with van der Waals surface area (Å²) in [6.07, 6.45) is 0.951. The Morgan fingerprint density at radius 3 is 2.83 bits per heavy atom. The van der Waals surface area contributed by atoms with Crippen LogP contribution in [0.4, 0.5) is 4.39 Å². The Hall–Kier alpha value is -2.14. The molecule has 23 heavy (non-hydrogen) atoms. The first-order chi connectivity index (χ1) is 11.1. The van der Waals surface area contributed by atoms with Crippen LogP contribution in [0.1, 0.15) is 34.3 Å². The third-order valence-corrected chi connectivity index (χ3v) is 4.78. The zero-order valence-electron chi connectivity index (χ0n) is 13.2. The van der Waals surface area contributed by atoms with Gasteiger partial charge in [0, 0.05) is 23.5 Å². The molecule has 0 unspecified atom stereocenters. The van der Waals surface area contributed by atoms with Crippen molar-refractivity contribution in [2.45, 2.75) is 33.4 Å². The van der Waals surface area contributed by atoms with Crippen LogP contribution in [0.5, 0.6) is 0 Å². The van der Waals surface area contributed by atoms with Gasteiger partial charge < -0.3 is 9.88 Å². The van der Waals surface area contributed by atoms with Crippen molar-refractivity contribution in [2.24, 2.45) is 0 Å². The topological polar surface area (TPSA) is 34.0 Å². The van der Waals surface area contributed by atoms with Gasteiger partial charge in [0.1, 0.15) is 11.5 Å². The molecule has 0 saturated carbocycles. The molecule has 0 aliphatic carbocycles. The lowest BCUT2D eigenvalue weighted by Crippen LogP contribution is -2.25. The number of halogens is 1. The minimum atomic E-state index is -0.298. The maximum Gasteiger partial charge on any atom is 0.268 e. The molecular weight excluding hydrogens is 311 g/mol. The van der Waals surface area contributed by atoms with Gasteiger partial charge in [0.25, 0.3) is 5.91 Å². The number of carbonyl (C=O) groups excluding carboxylic acids is 1. The highest BCUT2D eigenvalue weighted by molar-refractivity contribution is 7.19. The maximum atomic E-state index is 13.6. The van der Waals surface area contributed by atoms with Gasteiger partial charge in [0.2, 0.25) is 0 Å². The fourth-order valence-corrected chi connectivity index (χ4v) is 3.69. The van der Waals surface area contributed by atoms with Gasteiger partial charge in [-0.05, 0) is 31.5 Å². The van der Waals surface area contributed by atoms with Gasteiger partial charge in [0.05, 0.1) is 10.2 Å². The molecule has 2 aromatic heterocycles. The van der Waals surface area contributed by atoms with Crippen molar-refractivity contribution in [1.82, 2.24) is 9.88 Å². The van der Waals surface area contributed by atoms with Crippen LogP contribution >= 0.6 is 11.3 Å². The zero-order chi connectivity index (χ0) is 16.4. The van der Waals surface area contributed by atoms with Crippen molar-refractivity contribution in [2.75, 3.05) is 0 Å². The Labute approximate surface area is 138 Å². The van der Waals surface area contributed by atoms with Gasteiger partial charge in [-0.2, -0.15) is 0 Å². The molecule has 120 valence electrons. The fraction of sp³-hybridized carbons (Fsp3) is 0.278. The number of hydrogen-bond acceptors (Lipinski definition) is 2. The minimum absolute atomic E-state index is 0.164. The highest BCUT2D eigenvalue weighted by Crippen LogP contribution is 2.29. The molecule has 2 heterocycles. The first-order valence-corrected chi connectivity index (χ1v) is 8.53. The second-order valence-electron chi connectivity index (χ2n) is 5.56. The van der Waals surface area contributed by atoms with E-state index in [-0.39, 0.29) is 18.3 Å². The quantitative estimate of drug-likeness (QED) is 0.735. The molecule has 1 N–H and O–H groups in total. The summed E-state index contributed by atoms with van der Waals surface area (Å²) in [5.74, 6) is -0.462. The lowest BCUT2D eigenvalue weighted by atomic mass is 10.2. The monoisotopic (exact) mass is 330 g/mol. The summed E-state index contributed by atoms with van der Waals surface area (Å²) in [4.78, 5) is 13.8. The predicted octanol–water partition coefficient (Wildman–Crippen LogP) is 4.49. The summed E-state index contributed by atoms with van der Waals surface area (Å²) in [5.41, 5.74) is 2.24. The highest BCUT2D eigenvalue weighted by atomic mass is 32.1. The number of rotatable bonds is 5. The van der Waals surface area contributed by atoms with E-state index in [2.05, 4.69) is 29.8 Å². The van der Waals surface area contributed by atoms with E-state index in [0.717, 1.165) is 23.2 Å². The van der Waals surface area contributed by atoms with Crippen molar-refractivity contribution in [3.05, 3.63) is 58.3 Å². The number of thiophene rings is 1. The van der Waals surface area contributed by atoms with Crippen LogP contribution in [0.15, 0.2) is 36.4 Å². The van der Waals surface area contributed by atoms with E-state index in [1.54, 1.807) is 29.5 Å². The molecule has 3 rings (SSSR count). The third kappa shape index (κ3) is 3.15. The number of fused-ring (bicyclic) bond motifs is 1. The van der Waals surface area contributed by atoms with Crippen LogP contribution in [0.2, 0.25) is 0 Å². The molecule has 0 aliphatic heterocycles. The van der Waals surface area contributed by atoms with E-state index in [9.17, 15) is 9.18 Å². The van der Waals surface area contributed by atoms with Gasteiger partial charge in [-0.1, -0.05) is 25.1 Å². The Bertz CT molecular complexity index is 850. The number of aryl methyl sites for hydroxylation is 2.